The van der Waals surface area contributed by atoms with Gasteiger partial charge in [-0.2, -0.15) is 9.83 Å². The minimum Gasteiger partial charge on any atom is -0.618 e. The van der Waals surface area contributed by atoms with E-state index in [-0.39, 0.29) is 42.6 Å². The zero-order valence-electron chi connectivity index (χ0n) is 20.7. The average molecular weight is 516 g/mol. The molecule has 0 bridgehead atoms. The summed E-state index contributed by atoms with van der Waals surface area (Å²) in [5.74, 6) is -5.19. The quantitative estimate of drug-likeness (QED) is 0.382. The lowest BCUT2D eigenvalue weighted by Gasteiger charge is -2.33. The summed E-state index contributed by atoms with van der Waals surface area (Å²) in [4.78, 5) is 26.1. The molecular formula is C26H28F3N5O3. The van der Waals surface area contributed by atoms with Crippen molar-refractivity contribution in [2.45, 2.75) is 51.5 Å². The summed E-state index contributed by atoms with van der Waals surface area (Å²) >= 11 is 0. The number of halogens is 3. The van der Waals surface area contributed by atoms with Crippen LogP contribution in [0.2, 0.25) is 0 Å². The van der Waals surface area contributed by atoms with Gasteiger partial charge in [-0.15, -0.1) is 0 Å². The first kappa shape index (κ1) is 26.2. The summed E-state index contributed by atoms with van der Waals surface area (Å²) in [6, 6.07) is 6.04. The van der Waals surface area contributed by atoms with Crippen LogP contribution >= 0.6 is 0 Å². The maximum absolute atomic E-state index is 15.1. The Morgan fingerprint density at radius 1 is 1.19 bits per heavy atom. The number of nitrogens with zero attached hydrogens (tertiary/aromatic N) is 3. The van der Waals surface area contributed by atoms with E-state index in [1.54, 1.807) is 27.0 Å². The molecule has 0 aliphatic heterocycles. The molecule has 1 atom stereocenters. The molecule has 196 valence electrons. The average Bonchev–Trinajstić information content (AvgIpc) is 3.27. The Bertz CT molecular complexity index is 1330. The van der Waals surface area contributed by atoms with Gasteiger partial charge in [-0.05, 0) is 55.5 Å². The van der Waals surface area contributed by atoms with Crippen LogP contribution in [0.15, 0.2) is 42.7 Å². The van der Waals surface area contributed by atoms with E-state index in [2.05, 4.69) is 15.7 Å². The SMILES string of the molecule is Cc1cc[n+]([O-])c(C)c1-c1ccc(NC(=O)[C@@H](NC(=O)c2ccnn2C)C2CCC(F)(F)CC2)cc1F. The minimum absolute atomic E-state index is 0.0474. The summed E-state index contributed by atoms with van der Waals surface area (Å²) in [5.41, 5.74) is 2.05. The number of rotatable bonds is 6. The van der Waals surface area contributed by atoms with Crippen LogP contribution in [-0.4, -0.2) is 33.6 Å². The molecule has 2 amide bonds. The Hall–Kier alpha value is -3.89. The topological polar surface area (TPSA) is 103 Å². The number of benzene rings is 1. The van der Waals surface area contributed by atoms with Crippen molar-refractivity contribution in [3.05, 3.63) is 70.7 Å². The number of carbonyl (C=O) groups excluding carboxylic acids is 2. The first-order valence-electron chi connectivity index (χ1n) is 11.9. The van der Waals surface area contributed by atoms with Crippen molar-refractivity contribution >= 4 is 17.5 Å². The molecule has 11 heteroatoms. The Morgan fingerprint density at radius 3 is 2.51 bits per heavy atom. The van der Waals surface area contributed by atoms with E-state index < -0.39 is 35.5 Å². The maximum Gasteiger partial charge on any atom is 0.270 e. The predicted molar refractivity (Wildman–Crippen MR) is 130 cm³/mol. The van der Waals surface area contributed by atoms with E-state index in [0.29, 0.717) is 21.6 Å². The lowest BCUT2D eigenvalue weighted by molar-refractivity contribution is -0.611. The Balaban J connectivity index is 1.57. The van der Waals surface area contributed by atoms with Crippen molar-refractivity contribution in [3.63, 3.8) is 0 Å². The number of nitrogens with one attached hydrogen (secondary N) is 2. The molecule has 8 nitrogen and oxygen atoms in total. The van der Waals surface area contributed by atoms with Gasteiger partial charge in [0.25, 0.3) is 5.91 Å². The van der Waals surface area contributed by atoms with Crippen LogP contribution in [0.1, 0.15) is 47.4 Å². The molecule has 2 aromatic heterocycles. The van der Waals surface area contributed by atoms with Gasteiger partial charge in [-0.25, -0.2) is 13.2 Å². The third kappa shape index (κ3) is 5.60. The number of pyridine rings is 1. The monoisotopic (exact) mass is 515 g/mol. The van der Waals surface area contributed by atoms with Gasteiger partial charge in [-0.3, -0.25) is 14.3 Å². The molecule has 1 aliphatic carbocycles. The van der Waals surface area contributed by atoms with E-state index in [0.717, 1.165) is 6.07 Å². The lowest BCUT2D eigenvalue weighted by atomic mass is 9.81. The number of carbonyl (C=O) groups is 2. The van der Waals surface area contributed by atoms with Crippen molar-refractivity contribution < 1.29 is 27.5 Å². The highest BCUT2D eigenvalue weighted by Crippen LogP contribution is 2.38. The van der Waals surface area contributed by atoms with Gasteiger partial charge >= 0.3 is 0 Å². The second kappa shape index (κ2) is 10.2. The molecule has 0 radical (unpaired) electrons. The first-order chi connectivity index (χ1) is 17.5. The summed E-state index contributed by atoms with van der Waals surface area (Å²) in [6.07, 6.45) is 2.10. The van der Waals surface area contributed by atoms with Gasteiger partial charge in [0, 0.05) is 50.3 Å². The number of hydrogen-bond donors (Lipinski definition) is 2. The number of amides is 2. The zero-order valence-corrected chi connectivity index (χ0v) is 20.7. The van der Waals surface area contributed by atoms with E-state index in [4.69, 9.17) is 0 Å². The highest BCUT2D eigenvalue weighted by molar-refractivity contribution is 6.00. The summed E-state index contributed by atoms with van der Waals surface area (Å²) in [5, 5.41) is 21.2. The zero-order chi connectivity index (χ0) is 26.9. The molecule has 1 saturated carbocycles. The molecule has 4 rings (SSSR count). The largest absolute Gasteiger partial charge is 0.618 e. The summed E-state index contributed by atoms with van der Waals surface area (Å²) in [6.45, 7) is 3.36. The second-order valence-corrected chi connectivity index (χ2v) is 9.45. The Kier molecular flexibility index (Phi) is 7.24. The molecular weight excluding hydrogens is 487 g/mol. The Morgan fingerprint density at radius 2 is 1.89 bits per heavy atom. The number of aryl methyl sites for hydroxylation is 2. The van der Waals surface area contributed by atoms with Gasteiger partial charge in [-0.1, -0.05) is 0 Å². The number of alkyl halides is 2. The van der Waals surface area contributed by atoms with Gasteiger partial charge < -0.3 is 15.8 Å². The summed E-state index contributed by atoms with van der Waals surface area (Å²) < 4.78 is 44.7. The van der Waals surface area contributed by atoms with E-state index in [1.807, 2.05) is 0 Å². The number of hydrogen-bond acceptors (Lipinski definition) is 4. The number of aromatic nitrogens is 3. The molecule has 1 aliphatic rings. The van der Waals surface area contributed by atoms with Crippen LogP contribution in [0.3, 0.4) is 0 Å². The van der Waals surface area contributed by atoms with Gasteiger partial charge in [0.15, 0.2) is 11.9 Å². The van der Waals surface area contributed by atoms with E-state index in [1.165, 1.54) is 35.3 Å². The maximum atomic E-state index is 15.1. The third-order valence-electron chi connectivity index (χ3n) is 6.91. The molecule has 2 heterocycles. The first-order valence-corrected chi connectivity index (χ1v) is 11.9. The van der Waals surface area contributed by atoms with Crippen LogP contribution in [0, 0.1) is 30.8 Å². The van der Waals surface area contributed by atoms with E-state index in [9.17, 15) is 23.6 Å². The van der Waals surface area contributed by atoms with Crippen molar-refractivity contribution in [2.75, 3.05) is 5.32 Å². The van der Waals surface area contributed by atoms with Crippen molar-refractivity contribution in [1.82, 2.24) is 15.1 Å². The smallest absolute Gasteiger partial charge is 0.270 e. The highest BCUT2D eigenvalue weighted by Gasteiger charge is 2.40. The molecule has 37 heavy (non-hydrogen) atoms. The second-order valence-electron chi connectivity index (χ2n) is 9.45. The molecule has 3 aromatic rings. The lowest BCUT2D eigenvalue weighted by Crippen LogP contribution is -2.50. The molecule has 2 N–H and O–H groups in total. The van der Waals surface area contributed by atoms with Crippen molar-refractivity contribution in [2.24, 2.45) is 13.0 Å². The Labute approximate surface area is 212 Å². The van der Waals surface area contributed by atoms with Crippen LogP contribution in [0.25, 0.3) is 11.1 Å². The third-order valence-corrected chi connectivity index (χ3v) is 6.91. The van der Waals surface area contributed by atoms with Crippen LogP contribution in [0.4, 0.5) is 18.9 Å². The van der Waals surface area contributed by atoms with Gasteiger partial charge in [0.1, 0.15) is 17.6 Å². The van der Waals surface area contributed by atoms with Crippen LogP contribution in [-0.2, 0) is 11.8 Å². The highest BCUT2D eigenvalue weighted by atomic mass is 19.3. The molecule has 0 saturated heterocycles. The van der Waals surface area contributed by atoms with Crippen molar-refractivity contribution in [3.8, 4) is 11.1 Å². The number of anilines is 1. The van der Waals surface area contributed by atoms with E-state index >= 15 is 4.39 Å². The standard InChI is InChI=1S/C26H28F3N5O3/c1-15-9-13-34(37)16(2)22(15)19-5-4-18(14-20(19)27)31-25(36)23(17-6-10-26(28,29)11-7-17)32-24(35)21-8-12-30-33(21)3/h4-5,8-9,12-14,17,23H,6-7,10-11H2,1-3H3,(H,31,36)(H,32,35)/t23-/m0/s1. The summed E-state index contributed by atoms with van der Waals surface area (Å²) in [7, 11) is 1.57. The molecule has 0 spiro atoms. The van der Waals surface area contributed by atoms with Crippen LogP contribution < -0.4 is 15.4 Å². The molecule has 1 fully saturated rings. The molecule has 1 aromatic carbocycles. The fourth-order valence-corrected chi connectivity index (χ4v) is 4.80. The predicted octanol–water partition coefficient (Wildman–Crippen LogP) is 4.04. The molecule has 0 unspecified atom stereocenters. The van der Waals surface area contributed by atoms with Gasteiger partial charge in [0.05, 0.1) is 5.56 Å². The van der Waals surface area contributed by atoms with Crippen LogP contribution in [0.5, 0.6) is 0 Å². The van der Waals surface area contributed by atoms with Gasteiger partial charge in [0.2, 0.25) is 11.8 Å². The van der Waals surface area contributed by atoms with Crippen molar-refractivity contribution in [1.29, 1.82) is 0 Å². The normalized spacial score (nSPS) is 16.3. The fraction of sp³-hybridized carbons (Fsp3) is 0.385. The fourth-order valence-electron chi connectivity index (χ4n) is 4.80. The minimum atomic E-state index is -2.81.